The number of benzene rings is 3. The minimum absolute atomic E-state index is 0.0240. The number of amides is 2. The van der Waals surface area contributed by atoms with Crippen LogP contribution in [0.2, 0.25) is 0 Å². The maximum Gasteiger partial charge on any atom is 0.261 e. The molecule has 0 saturated carbocycles. The summed E-state index contributed by atoms with van der Waals surface area (Å²) in [5.74, 6) is -1.01. The second-order valence-corrected chi connectivity index (χ2v) is 8.98. The highest BCUT2D eigenvalue weighted by Gasteiger charge is 2.19. The smallest absolute Gasteiger partial charge is 0.261 e. The van der Waals surface area contributed by atoms with Crippen LogP contribution in [0.5, 0.6) is 0 Å². The molecule has 0 unspecified atom stereocenters. The van der Waals surface area contributed by atoms with Crippen LogP contribution < -0.4 is 15.8 Å². The van der Waals surface area contributed by atoms with Gasteiger partial charge < -0.3 is 11.1 Å². The third-order valence-corrected chi connectivity index (χ3v) is 6.20. The molecule has 0 heterocycles. The van der Waals surface area contributed by atoms with Gasteiger partial charge in [-0.25, -0.2) is 8.42 Å². The third-order valence-electron chi connectivity index (χ3n) is 4.82. The lowest BCUT2D eigenvalue weighted by molar-refractivity contribution is 0.0997. The predicted molar refractivity (Wildman–Crippen MR) is 121 cm³/mol. The second kappa shape index (κ2) is 8.61. The van der Waals surface area contributed by atoms with E-state index in [4.69, 9.17) is 5.73 Å². The van der Waals surface area contributed by atoms with Crippen molar-refractivity contribution in [1.82, 2.24) is 0 Å². The van der Waals surface area contributed by atoms with E-state index in [0.29, 0.717) is 28.1 Å². The fraction of sp³-hybridized carbons (Fsp3) is 0.130. The Kier molecular flexibility index (Phi) is 6.12. The van der Waals surface area contributed by atoms with Gasteiger partial charge in [0.2, 0.25) is 5.91 Å². The summed E-state index contributed by atoms with van der Waals surface area (Å²) in [6.07, 6.45) is 0. The van der Waals surface area contributed by atoms with Gasteiger partial charge >= 0.3 is 0 Å². The zero-order valence-electron chi connectivity index (χ0n) is 17.4. The molecule has 31 heavy (non-hydrogen) atoms. The summed E-state index contributed by atoms with van der Waals surface area (Å²) >= 11 is 0. The number of hydrogen-bond donors (Lipinski definition) is 3. The molecule has 0 radical (unpaired) electrons. The van der Waals surface area contributed by atoms with Crippen LogP contribution in [0.25, 0.3) is 0 Å². The van der Waals surface area contributed by atoms with Gasteiger partial charge in [-0.05, 0) is 74.4 Å². The number of anilines is 2. The summed E-state index contributed by atoms with van der Waals surface area (Å²) in [6, 6.07) is 16.1. The summed E-state index contributed by atoms with van der Waals surface area (Å²) in [6.45, 7) is 5.34. The van der Waals surface area contributed by atoms with Crippen LogP contribution in [0.1, 0.15) is 37.4 Å². The highest BCUT2D eigenvalue weighted by atomic mass is 32.2. The van der Waals surface area contributed by atoms with E-state index < -0.39 is 21.8 Å². The third kappa shape index (κ3) is 5.10. The molecule has 0 aliphatic carbocycles. The van der Waals surface area contributed by atoms with E-state index in [9.17, 15) is 18.0 Å². The van der Waals surface area contributed by atoms with Gasteiger partial charge in [-0.1, -0.05) is 23.8 Å². The lowest BCUT2D eigenvalue weighted by Crippen LogP contribution is -2.17. The lowest BCUT2D eigenvalue weighted by Gasteiger charge is -2.13. The SMILES string of the molecule is Cc1ccc(NS(=O)(=O)c2ccc(C)c(C(=O)Nc3ccc(C(N)=O)c(C)c3)c2)cc1. The number of hydrogen-bond acceptors (Lipinski definition) is 4. The largest absolute Gasteiger partial charge is 0.366 e. The molecule has 0 atom stereocenters. The van der Waals surface area contributed by atoms with Crippen LogP contribution in [0.15, 0.2) is 65.6 Å². The van der Waals surface area contributed by atoms with E-state index in [1.807, 2.05) is 6.92 Å². The Labute approximate surface area is 181 Å². The molecule has 0 saturated heterocycles. The maximum atomic E-state index is 12.8. The number of aryl methyl sites for hydroxylation is 3. The zero-order valence-corrected chi connectivity index (χ0v) is 18.2. The van der Waals surface area contributed by atoms with E-state index in [-0.39, 0.29) is 10.5 Å². The van der Waals surface area contributed by atoms with Gasteiger partial charge in [0, 0.05) is 22.5 Å². The summed E-state index contributed by atoms with van der Waals surface area (Å²) in [5.41, 5.74) is 9.06. The van der Waals surface area contributed by atoms with Crippen molar-refractivity contribution in [1.29, 1.82) is 0 Å². The molecule has 0 aliphatic heterocycles. The number of nitrogens with two attached hydrogens (primary N) is 1. The number of carbonyl (C=O) groups excluding carboxylic acids is 2. The van der Waals surface area contributed by atoms with Crippen molar-refractivity contribution in [2.75, 3.05) is 10.0 Å². The van der Waals surface area contributed by atoms with Crippen LogP contribution in [-0.2, 0) is 10.0 Å². The molecule has 0 aliphatic rings. The van der Waals surface area contributed by atoms with E-state index in [1.165, 1.54) is 18.2 Å². The molecular weight excluding hydrogens is 414 g/mol. The summed E-state index contributed by atoms with van der Waals surface area (Å²) in [5, 5.41) is 2.73. The van der Waals surface area contributed by atoms with Crippen LogP contribution in [0.3, 0.4) is 0 Å². The summed E-state index contributed by atoms with van der Waals surface area (Å²) < 4.78 is 28.1. The second-order valence-electron chi connectivity index (χ2n) is 7.30. The Morgan fingerprint density at radius 3 is 2.03 bits per heavy atom. The molecule has 0 aromatic heterocycles. The first-order chi connectivity index (χ1) is 14.6. The van der Waals surface area contributed by atoms with Crippen LogP contribution in [-0.4, -0.2) is 20.2 Å². The molecule has 4 N–H and O–H groups in total. The van der Waals surface area contributed by atoms with Gasteiger partial charge in [-0.3, -0.25) is 14.3 Å². The first-order valence-electron chi connectivity index (χ1n) is 9.49. The molecule has 2 amide bonds. The van der Waals surface area contributed by atoms with Gasteiger partial charge in [-0.15, -0.1) is 0 Å². The van der Waals surface area contributed by atoms with E-state index in [2.05, 4.69) is 10.0 Å². The van der Waals surface area contributed by atoms with Gasteiger partial charge in [0.05, 0.1) is 4.90 Å². The van der Waals surface area contributed by atoms with Gasteiger partial charge in [0.25, 0.3) is 15.9 Å². The number of rotatable bonds is 6. The van der Waals surface area contributed by atoms with E-state index in [0.717, 1.165) is 5.56 Å². The van der Waals surface area contributed by atoms with Crippen molar-refractivity contribution in [3.05, 3.63) is 88.5 Å². The topological polar surface area (TPSA) is 118 Å². The highest BCUT2D eigenvalue weighted by Crippen LogP contribution is 2.21. The summed E-state index contributed by atoms with van der Waals surface area (Å²) in [7, 11) is -3.88. The fourth-order valence-electron chi connectivity index (χ4n) is 3.06. The van der Waals surface area contributed by atoms with Crippen molar-refractivity contribution >= 4 is 33.2 Å². The first kappa shape index (κ1) is 22.0. The van der Waals surface area contributed by atoms with Gasteiger partial charge in [-0.2, -0.15) is 0 Å². The van der Waals surface area contributed by atoms with E-state index >= 15 is 0 Å². The standard InChI is InChI=1S/C23H23N3O4S/c1-14-4-7-17(8-5-14)26-31(29,30)19-10-6-15(2)21(13-19)23(28)25-18-9-11-20(22(24)27)16(3)12-18/h4-13,26H,1-3H3,(H2,24,27)(H,25,28). The van der Waals surface area contributed by atoms with E-state index in [1.54, 1.807) is 56.3 Å². The van der Waals surface area contributed by atoms with Crippen molar-refractivity contribution in [2.45, 2.75) is 25.7 Å². The minimum atomic E-state index is -3.88. The normalized spacial score (nSPS) is 11.1. The average molecular weight is 438 g/mol. The number of nitrogens with one attached hydrogen (secondary N) is 2. The lowest BCUT2D eigenvalue weighted by atomic mass is 10.1. The van der Waals surface area contributed by atoms with Crippen LogP contribution >= 0.6 is 0 Å². The molecule has 7 nitrogen and oxygen atoms in total. The Bertz CT molecular complexity index is 1270. The van der Waals surface area contributed by atoms with Crippen LogP contribution in [0.4, 0.5) is 11.4 Å². The molecule has 3 aromatic rings. The fourth-order valence-corrected chi connectivity index (χ4v) is 4.15. The number of carbonyl (C=O) groups is 2. The van der Waals surface area contributed by atoms with Crippen molar-refractivity contribution in [3.63, 3.8) is 0 Å². The average Bonchev–Trinajstić information content (AvgIpc) is 2.69. The molecule has 0 spiro atoms. The Balaban J connectivity index is 1.86. The Morgan fingerprint density at radius 1 is 0.774 bits per heavy atom. The molecule has 160 valence electrons. The molecule has 8 heteroatoms. The first-order valence-corrected chi connectivity index (χ1v) is 11.0. The minimum Gasteiger partial charge on any atom is -0.366 e. The van der Waals surface area contributed by atoms with Crippen molar-refractivity contribution in [2.24, 2.45) is 5.73 Å². The molecule has 3 aromatic carbocycles. The quantitative estimate of drug-likeness (QED) is 0.544. The van der Waals surface area contributed by atoms with Gasteiger partial charge in [0.15, 0.2) is 0 Å². The Hall–Kier alpha value is -3.65. The van der Waals surface area contributed by atoms with Crippen molar-refractivity contribution < 1.29 is 18.0 Å². The molecule has 3 rings (SSSR count). The Morgan fingerprint density at radius 2 is 1.42 bits per heavy atom. The maximum absolute atomic E-state index is 12.8. The van der Waals surface area contributed by atoms with Crippen molar-refractivity contribution in [3.8, 4) is 0 Å². The number of sulfonamides is 1. The zero-order chi connectivity index (χ0) is 22.8. The highest BCUT2D eigenvalue weighted by molar-refractivity contribution is 7.92. The van der Waals surface area contributed by atoms with Crippen LogP contribution in [0, 0.1) is 20.8 Å². The summed E-state index contributed by atoms with van der Waals surface area (Å²) in [4.78, 5) is 24.2. The molecule has 0 bridgehead atoms. The van der Waals surface area contributed by atoms with Gasteiger partial charge in [0.1, 0.15) is 0 Å². The monoisotopic (exact) mass is 437 g/mol. The number of primary amides is 1. The molecule has 0 fully saturated rings. The molecular formula is C23H23N3O4S. The predicted octanol–water partition coefficient (Wildman–Crippen LogP) is 3.76.